The van der Waals surface area contributed by atoms with Crippen molar-refractivity contribution in [3.8, 4) is 17.1 Å². The Kier molecular flexibility index (Phi) is 9.18. The highest BCUT2D eigenvalue weighted by Gasteiger charge is 2.34. The van der Waals surface area contributed by atoms with E-state index in [-0.39, 0.29) is 12.2 Å². The van der Waals surface area contributed by atoms with Crippen LogP contribution in [0.5, 0.6) is 5.75 Å². The first kappa shape index (κ1) is 29.8. The first-order valence-corrected chi connectivity index (χ1v) is 16.1. The minimum atomic E-state index is -0.721. The molecule has 0 spiro atoms. The van der Waals surface area contributed by atoms with Crippen LogP contribution in [0.25, 0.3) is 17.4 Å². The second-order valence-corrected chi connectivity index (χ2v) is 12.8. The van der Waals surface area contributed by atoms with Crippen LogP contribution in [0.2, 0.25) is 0 Å². The molecule has 0 saturated carbocycles. The third kappa shape index (κ3) is 5.95. The number of halogens is 3. The minimum absolute atomic E-state index is 0.208. The Hall–Kier alpha value is -2.73. The SMILES string of the molecule is CCCC1=C(C(=O)OCC)[C@H](c2ccc(OC)c(Br)c2)n2c(s/c(=C/c3ccc(-c4cc(Br)ccc4Br)o3)c2=O)=N1. The Morgan fingerprint density at radius 1 is 1.10 bits per heavy atom. The van der Waals surface area contributed by atoms with Gasteiger partial charge in [0.05, 0.1) is 40.0 Å². The van der Waals surface area contributed by atoms with Crippen LogP contribution in [0.4, 0.5) is 0 Å². The second kappa shape index (κ2) is 12.6. The van der Waals surface area contributed by atoms with Crippen LogP contribution in [0.15, 0.2) is 87.4 Å². The number of nitrogens with zero attached hydrogens (tertiary/aromatic N) is 2. The molecule has 1 aliphatic heterocycles. The maximum absolute atomic E-state index is 14.0. The Labute approximate surface area is 265 Å². The molecule has 2 aromatic carbocycles. The lowest BCUT2D eigenvalue weighted by Gasteiger charge is -2.26. The summed E-state index contributed by atoms with van der Waals surface area (Å²) in [5.41, 5.74) is 2.33. The molecule has 0 unspecified atom stereocenters. The molecule has 0 radical (unpaired) electrons. The Balaban J connectivity index is 1.69. The summed E-state index contributed by atoms with van der Waals surface area (Å²) in [5, 5.41) is 0. The predicted molar refractivity (Wildman–Crippen MR) is 170 cm³/mol. The largest absolute Gasteiger partial charge is 0.496 e. The maximum Gasteiger partial charge on any atom is 0.338 e. The van der Waals surface area contributed by atoms with Gasteiger partial charge in [-0.2, -0.15) is 0 Å². The number of rotatable bonds is 8. The summed E-state index contributed by atoms with van der Waals surface area (Å²) >= 11 is 11.9. The van der Waals surface area contributed by atoms with Gasteiger partial charge in [0.15, 0.2) is 4.80 Å². The normalized spacial score (nSPS) is 15.1. The monoisotopic (exact) mass is 762 g/mol. The number of esters is 1. The zero-order chi connectivity index (χ0) is 29.3. The van der Waals surface area contributed by atoms with Crippen molar-refractivity contribution in [2.45, 2.75) is 32.7 Å². The van der Waals surface area contributed by atoms with Gasteiger partial charge in [0.2, 0.25) is 0 Å². The smallest absolute Gasteiger partial charge is 0.338 e. The first-order valence-electron chi connectivity index (χ1n) is 12.9. The molecular formula is C30H25Br3N2O5S. The van der Waals surface area contributed by atoms with Gasteiger partial charge in [-0.15, -0.1) is 0 Å². The number of ether oxygens (including phenoxy) is 2. The van der Waals surface area contributed by atoms with Gasteiger partial charge in [-0.25, -0.2) is 9.79 Å². The number of fused-ring (bicyclic) bond motifs is 1. The molecule has 0 bridgehead atoms. The molecule has 0 saturated heterocycles. The molecule has 212 valence electrons. The molecule has 4 aromatic rings. The van der Waals surface area contributed by atoms with E-state index in [0.717, 1.165) is 26.5 Å². The number of benzene rings is 2. The molecule has 41 heavy (non-hydrogen) atoms. The quantitative estimate of drug-likeness (QED) is 0.178. The molecule has 1 atom stereocenters. The number of hydrogen-bond acceptors (Lipinski definition) is 7. The third-order valence-electron chi connectivity index (χ3n) is 6.48. The Bertz CT molecular complexity index is 1850. The lowest BCUT2D eigenvalue weighted by atomic mass is 9.94. The number of allylic oxidation sites excluding steroid dienone is 1. The van der Waals surface area contributed by atoms with Crippen LogP contribution >= 0.6 is 59.1 Å². The average Bonchev–Trinajstić information content (AvgIpc) is 3.53. The zero-order valence-electron chi connectivity index (χ0n) is 22.4. The van der Waals surface area contributed by atoms with Crippen molar-refractivity contribution in [1.82, 2.24) is 4.57 Å². The summed E-state index contributed by atoms with van der Waals surface area (Å²) in [5.74, 6) is 1.34. The molecule has 0 N–H and O–H groups in total. The number of hydrogen-bond donors (Lipinski definition) is 0. The first-order chi connectivity index (χ1) is 19.7. The fraction of sp³-hybridized carbons (Fsp3) is 0.233. The van der Waals surface area contributed by atoms with Crippen molar-refractivity contribution in [1.29, 1.82) is 0 Å². The van der Waals surface area contributed by atoms with E-state index in [9.17, 15) is 9.59 Å². The molecule has 11 heteroatoms. The van der Waals surface area contributed by atoms with E-state index in [1.54, 1.807) is 24.7 Å². The van der Waals surface area contributed by atoms with E-state index in [1.165, 1.54) is 11.3 Å². The fourth-order valence-electron chi connectivity index (χ4n) is 4.68. The van der Waals surface area contributed by atoms with E-state index in [0.29, 0.717) is 48.8 Å². The summed E-state index contributed by atoms with van der Waals surface area (Å²) < 4.78 is 21.5. The second-order valence-electron chi connectivity index (χ2n) is 9.13. The van der Waals surface area contributed by atoms with E-state index in [2.05, 4.69) is 47.8 Å². The standard InChI is InChI=1S/C30H25Br3N2O5S/c1-4-6-22-26(29(37)39-5-2)27(16-7-11-24(38-3)21(33)13-16)35-28(36)25(41-30(35)34-22)15-18-9-12-23(40-18)19-14-17(31)8-10-20(19)32/h7-15,27H,4-6H2,1-3H3/b25-15+/t27-/m0/s1. The van der Waals surface area contributed by atoms with E-state index in [1.807, 2.05) is 55.5 Å². The lowest BCUT2D eigenvalue weighted by Crippen LogP contribution is -2.40. The van der Waals surface area contributed by atoms with Crippen molar-refractivity contribution < 1.29 is 18.7 Å². The minimum Gasteiger partial charge on any atom is -0.496 e. The number of methoxy groups -OCH3 is 1. The van der Waals surface area contributed by atoms with Crippen LogP contribution in [0, 0.1) is 0 Å². The molecular weight excluding hydrogens is 740 g/mol. The van der Waals surface area contributed by atoms with Crippen LogP contribution in [-0.2, 0) is 9.53 Å². The van der Waals surface area contributed by atoms with Crippen molar-refractivity contribution in [3.63, 3.8) is 0 Å². The molecule has 5 rings (SSSR count). The van der Waals surface area contributed by atoms with E-state index < -0.39 is 12.0 Å². The van der Waals surface area contributed by atoms with Gasteiger partial charge in [-0.1, -0.05) is 62.6 Å². The number of furan rings is 1. The van der Waals surface area contributed by atoms with E-state index >= 15 is 0 Å². The highest BCUT2D eigenvalue weighted by molar-refractivity contribution is 9.11. The number of carbonyl (C=O) groups excluding carboxylic acids is 1. The van der Waals surface area contributed by atoms with Crippen LogP contribution in [0.1, 0.15) is 44.1 Å². The van der Waals surface area contributed by atoms with Crippen LogP contribution in [0.3, 0.4) is 0 Å². The molecule has 0 fully saturated rings. The third-order valence-corrected chi connectivity index (χ3v) is 9.27. The molecule has 0 aliphatic carbocycles. The van der Waals surface area contributed by atoms with Gasteiger partial charge in [-0.3, -0.25) is 9.36 Å². The number of carbonyl (C=O) groups is 1. The van der Waals surface area contributed by atoms with Crippen molar-refractivity contribution in [2.24, 2.45) is 4.99 Å². The predicted octanol–water partition coefficient (Wildman–Crippen LogP) is 7.13. The van der Waals surface area contributed by atoms with Crippen LogP contribution in [-0.4, -0.2) is 24.3 Å². The van der Waals surface area contributed by atoms with Crippen molar-refractivity contribution in [3.05, 3.63) is 104 Å². The van der Waals surface area contributed by atoms with Gasteiger partial charge < -0.3 is 13.9 Å². The van der Waals surface area contributed by atoms with Crippen molar-refractivity contribution >= 4 is 71.2 Å². The molecule has 2 aromatic heterocycles. The molecule has 3 heterocycles. The highest BCUT2D eigenvalue weighted by Crippen LogP contribution is 2.36. The number of aromatic nitrogens is 1. The van der Waals surface area contributed by atoms with Crippen molar-refractivity contribution in [2.75, 3.05) is 13.7 Å². The lowest BCUT2D eigenvalue weighted by molar-refractivity contribution is -0.139. The number of thiazole rings is 1. The van der Waals surface area contributed by atoms with Crippen LogP contribution < -0.4 is 19.6 Å². The van der Waals surface area contributed by atoms with Gasteiger partial charge in [0, 0.05) is 20.6 Å². The summed E-state index contributed by atoms with van der Waals surface area (Å²) in [4.78, 5) is 32.7. The van der Waals surface area contributed by atoms with E-state index in [4.69, 9.17) is 18.9 Å². The van der Waals surface area contributed by atoms with Gasteiger partial charge >= 0.3 is 5.97 Å². The fourth-order valence-corrected chi connectivity index (χ4v) is 7.04. The molecule has 0 amide bonds. The molecule has 1 aliphatic rings. The average molecular weight is 765 g/mol. The molecule has 7 nitrogen and oxygen atoms in total. The summed E-state index contributed by atoms with van der Waals surface area (Å²) in [7, 11) is 1.58. The summed E-state index contributed by atoms with van der Waals surface area (Å²) in [6.07, 6.45) is 3.06. The topological polar surface area (TPSA) is 83.0 Å². The Morgan fingerprint density at radius 3 is 2.61 bits per heavy atom. The Morgan fingerprint density at radius 2 is 1.90 bits per heavy atom. The highest BCUT2D eigenvalue weighted by atomic mass is 79.9. The van der Waals surface area contributed by atoms with Gasteiger partial charge in [-0.05, 0) is 77.3 Å². The maximum atomic E-state index is 14.0. The summed E-state index contributed by atoms with van der Waals surface area (Å²) in [6, 6.07) is 14.3. The zero-order valence-corrected chi connectivity index (χ0v) is 27.9. The van der Waals surface area contributed by atoms with Gasteiger partial charge in [0.25, 0.3) is 5.56 Å². The summed E-state index contributed by atoms with van der Waals surface area (Å²) in [6.45, 7) is 3.99. The van der Waals surface area contributed by atoms with Gasteiger partial charge in [0.1, 0.15) is 17.3 Å².